The van der Waals surface area contributed by atoms with Crippen molar-refractivity contribution in [2.24, 2.45) is 0 Å². The standard InChI is InChI=1S/C21H28N4O2/c1-3-27-20-10-6-18(7-11-20)23-21(26)16-22-17-4-8-19(9-5-17)25-14-12-24(2)13-15-25/h4-11,22H,3,12-16H2,1-2H3,(H,23,26). The van der Waals surface area contributed by atoms with Crippen molar-refractivity contribution in [3.8, 4) is 5.75 Å². The SMILES string of the molecule is CCOc1ccc(NC(=O)CNc2ccc(N3CCN(C)CC3)cc2)cc1. The Hall–Kier alpha value is -2.73. The molecule has 0 aromatic heterocycles. The summed E-state index contributed by atoms with van der Waals surface area (Å²) in [6.45, 7) is 7.07. The number of carbonyl (C=O) groups is 1. The summed E-state index contributed by atoms with van der Waals surface area (Å²) in [4.78, 5) is 16.9. The molecule has 144 valence electrons. The molecule has 0 saturated carbocycles. The van der Waals surface area contributed by atoms with Gasteiger partial charge in [0.05, 0.1) is 13.2 Å². The van der Waals surface area contributed by atoms with E-state index in [0.717, 1.165) is 43.3 Å². The van der Waals surface area contributed by atoms with Crippen molar-refractivity contribution >= 4 is 23.0 Å². The molecule has 6 nitrogen and oxygen atoms in total. The average molecular weight is 368 g/mol. The summed E-state index contributed by atoms with van der Waals surface area (Å²) < 4.78 is 5.40. The van der Waals surface area contributed by atoms with Gasteiger partial charge in [0.2, 0.25) is 5.91 Å². The van der Waals surface area contributed by atoms with E-state index >= 15 is 0 Å². The highest BCUT2D eigenvalue weighted by atomic mass is 16.5. The van der Waals surface area contributed by atoms with E-state index in [4.69, 9.17) is 4.74 Å². The van der Waals surface area contributed by atoms with Crippen LogP contribution in [0.3, 0.4) is 0 Å². The summed E-state index contributed by atoms with van der Waals surface area (Å²) >= 11 is 0. The minimum atomic E-state index is -0.0812. The normalized spacial score (nSPS) is 14.7. The summed E-state index contributed by atoms with van der Waals surface area (Å²) in [5.41, 5.74) is 2.93. The van der Waals surface area contributed by atoms with E-state index in [2.05, 4.69) is 39.6 Å². The Morgan fingerprint density at radius 3 is 2.22 bits per heavy atom. The highest BCUT2D eigenvalue weighted by Gasteiger charge is 2.14. The Morgan fingerprint density at radius 1 is 0.963 bits per heavy atom. The van der Waals surface area contributed by atoms with Gasteiger partial charge >= 0.3 is 0 Å². The second kappa shape index (κ2) is 9.28. The fraction of sp³-hybridized carbons (Fsp3) is 0.381. The van der Waals surface area contributed by atoms with Crippen molar-refractivity contribution in [1.29, 1.82) is 0 Å². The number of carbonyl (C=O) groups excluding carboxylic acids is 1. The molecule has 1 fully saturated rings. The zero-order chi connectivity index (χ0) is 19.1. The van der Waals surface area contributed by atoms with Gasteiger partial charge in [-0.1, -0.05) is 0 Å². The van der Waals surface area contributed by atoms with Gasteiger partial charge in [0.15, 0.2) is 0 Å². The quantitative estimate of drug-likeness (QED) is 0.787. The third-order valence-corrected chi connectivity index (χ3v) is 4.64. The Labute approximate surface area is 161 Å². The van der Waals surface area contributed by atoms with Gasteiger partial charge in [-0.2, -0.15) is 0 Å². The lowest BCUT2D eigenvalue weighted by Gasteiger charge is -2.34. The predicted octanol–water partition coefficient (Wildman–Crippen LogP) is 2.89. The Kier molecular flexibility index (Phi) is 6.54. The number of likely N-dealkylation sites (N-methyl/N-ethyl adjacent to an activating group) is 1. The molecule has 1 saturated heterocycles. The van der Waals surface area contributed by atoms with Crippen LogP contribution in [0.5, 0.6) is 5.75 Å². The Balaban J connectivity index is 1.45. The van der Waals surface area contributed by atoms with E-state index in [9.17, 15) is 4.79 Å². The third-order valence-electron chi connectivity index (χ3n) is 4.64. The number of rotatable bonds is 7. The lowest BCUT2D eigenvalue weighted by molar-refractivity contribution is -0.114. The molecule has 1 aliphatic heterocycles. The smallest absolute Gasteiger partial charge is 0.243 e. The van der Waals surface area contributed by atoms with Crippen LogP contribution in [0.15, 0.2) is 48.5 Å². The number of hydrogen-bond acceptors (Lipinski definition) is 5. The van der Waals surface area contributed by atoms with Gasteiger partial charge in [-0.05, 0) is 62.5 Å². The van der Waals surface area contributed by atoms with E-state index in [1.165, 1.54) is 5.69 Å². The maximum atomic E-state index is 12.1. The first-order valence-corrected chi connectivity index (χ1v) is 9.44. The zero-order valence-corrected chi connectivity index (χ0v) is 16.1. The second-order valence-corrected chi connectivity index (χ2v) is 6.70. The van der Waals surface area contributed by atoms with E-state index in [1.54, 1.807) is 0 Å². The van der Waals surface area contributed by atoms with Crippen LogP contribution in [0.1, 0.15) is 6.92 Å². The molecule has 2 N–H and O–H groups in total. The highest BCUT2D eigenvalue weighted by Crippen LogP contribution is 2.19. The summed E-state index contributed by atoms with van der Waals surface area (Å²) in [7, 11) is 2.16. The van der Waals surface area contributed by atoms with Crippen LogP contribution in [-0.4, -0.2) is 57.2 Å². The van der Waals surface area contributed by atoms with E-state index in [0.29, 0.717) is 6.61 Å². The van der Waals surface area contributed by atoms with Crippen LogP contribution >= 0.6 is 0 Å². The topological polar surface area (TPSA) is 56.8 Å². The molecule has 27 heavy (non-hydrogen) atoms. The summed E-state index contributed by atoms with van der Waals surface area (Å²) in [6.07, 6.45) is 0. The first-order valence-electron chi connectivity index (χ1n) is 9.44. The van der Waals surface area contributed by atoms with Crippen molar-refractivity contribution in [3.05, 3.63) is 48.5 Å². The summed E-state index contributed by atoms with van der Waals surface area (Å²) in [5.74, 6) is 0.719. The minimum Gasteiger partial charge on any atom is -0.494 e. The highest BCUT2D eigenvalue weighted by molar-refractivity contribution is 5.93. The fourth-order valence-corrected chi connectivity index (χ4v) is 3.04. The monoisotopic (exact) mass is 368 g/mol. The van der Waals surface area contributed by atoms with Gasteiger partial charge in [-0.3, -0.25) is 4.79 Å². The van der Waals surface area contributed by atoms with Crippen LogP contribution in [0.4, 0.5) is 17.1 Å². The number of anilines is 3. The van der Waals surface area contributed by atoms with Gasteiger partial charge in [-0.25, -0.2) is 0 Å². The molecule has 0 radical (unpaired) electrons. The maximum Gasteiger partial charge on any atom is 0.243 e. The second-order valence-electron chi connectivity index (χ2n) is 6.70. The molecule has 2 aromatic rings. The number of hydrogen-bond donors (Lipinski definition) is 2. The molecule has 2 aromatic carbocycles. The Morgan fingerprint density at radius 2 is 1.59 bits per heavy atom. The van der Waals surface area contributed by atoms with Gasteiger partial charge < -0.3 is 25.2 Å². The minimum absolute atomic E-state index is 0.0812. The van der Waals surface area contributed by atoms with Crippen molar-refractivity contribution < 1.29 is 9.53 Å². The predicted molar refractivity (Wildman–Crippen MR) is 111 cm³/mol. The molecule has 0 aliphatic carbocycles. The molecular formula is C21H28N4O2. The van der Waals surface area contributed by atoms with Crippen molar-refractivity contribution in [2.75, 3.05) is 61.9 Å². The van der Waals surface area contributed by atoms with Crippen LogP contribution in [0, 0.1) is 0 Å². The van der Waals surface area contributed by atoms with Gasteiger partial charge in [0, 0.05) is 43.2 Å². The molecule has 6 heteroatoms. The van der Waals surface area contributed by atoms with E-state index in [-0.39, 0.29) is 12.5 Å². The number of benzene rings is 2. The van der Waals surface area contributed by atoms with Crippen LogP contribution in [0.25, 0.3) is 0 Å². The fourth-order valence-electron chi connectivity index (χ4n) is 3.04. The van der Waals surface area contributed by atoms with E-state index < -0.39 is 0 Å². The molecule has 0 bridgehead atoms. The first-order chi connectivity index (χ1) is 13.1. The molecule has 1 aliphatic rings. The number of ether oxygens (including phenoxy) is 1. The van der Waals surface area contributed by atoms with Gasteiger partial charge in [0.1, 0.15) is 5.75 Å². The molecular weight excluding hydrogens is 340 g/mol. The lowest BCUT2D eigenvalue weighted by atomic mass is 10.2. The summed E-state index contributed by atoms with van der Waals surface area (Å²) in [6, 6.07) is 15.7. The first kappa shape index (κ1) is 19.0. The zero-order valence-electron chi connectivity index (χ0n) is 16.1. The van der Waals surface area contributed by atoms with E-state index in [1.807, 2.05) is 43.3 Å². The van der Waals surface area contributed by atoms with Gasteiger partial charge in [-0.15, -0.1) is 0 Å². The third kappa shape index (κ3) is 5.62. The number of nitrogens with zero attached hydrogens (tertiary/aromatic N) is 2. The van der Waals surface area contributed by atoms with Crippen LogP contribution in [-0.2, 0) is 4.79 Å². The largest absolute Gasteiger partial charge is 0.494 e. The number of nitrogens with one attached hydrogen (secondary N) is 2. The molecule has 0 unspecified atom stereocenters. The van der Waals surface area contributed by atoms with Crippen LogP contribution < -0.4 is 20.3 Å². The molecule has 0 atom stereocenters. The molecule has 1 amide bonds. The summed E-state index contributed by atoms with van der Waals surface area (Å²) in [5, 5.41) is 6.05. The van der Waals surface area contributed by atoms with Crippen molar-refractivity contribution in [1.82, 2.24) is 4.90 Å². The van der Waals surface area contributed by atoms with Crippen LogP contribution in [0.2, 0.25) is 0 Å². The number of piperazine rings is 1. The average Bonchev–Trinajstić information content (AvgIpc) is 2.69. The Bertz CT molecular complexity index is 723. The lowest BCUT2D eigenvalue weighted by Crippen LogP contribution is -2.44. The molecule has 1 heterocycles. The molecule has 0 spiro atoms. The van der Waals surface area contributed by atoms with Crippen molar-refractivity contribution in [2.45, 2.75) is 6.92 Å². The number of amides is 1. The maximum absolute atomic E-state index is 12.1. The van der Waals surface area contributed by atoms with Crippen molar-refractivity contribution in [3.63, 3.8) is 0 Å². The van der Waals surface area contributed by atoms with Gasteiger partial charge in [0.25, 0.3) is 0 Å². The molecule has 3 rings (SSSR count).